The lowest BCUT2D eigenvalue weighted by atomic mass is 10.1. The Balaban J connectivity index is 2.46. The Labute approximate surface area is 103 Å². The summed E-state index contributed by atoms with van der Waals surface area (Å²) in [5.41, 5.74) is 1.00. The number of nitrogens with zero attached hydrogens (tertiary/aromatic N) is 1. The first-order valence-corrected chi connectivity index (χ1v) is 5.45. The number of amides is 2. The molecule has 1 aliphatic heterocycles. The average Bonchev–Trinajstić information content (AvgIpc) is 2.37. The monoisotopic (exact) mass is 254 g/mol. The topological polar surface area (TPSA) is 58.6 Å². The summed E-state index contributed by atoms with van der Waals surface area (Å²) in [5.74, 6) is -0.443. The Morgan fingerprint density at radius 3 is 2.94 bits per heavy atom. The number of carbonyl (C=O) groups excluding carboxylic acids is 2. The van der Waals surface area contributed by atoms with E-state index in [0.29, 0.717) is 22.8 Å². The van der Waals surface area contributed by atoms with Gasteiger partial charge in [0.05, 0.1) is 5.56 Å². The number of fused-ring (bicyclic) bond motifs is 1. The van der Waals surface area contributed by atoms with Gasteiger partial charge in [0.2, 0.25) is 0 Å². The maximum atomic E-state index is 12.0. The van der Waals surface area contributed by atoms with Crippen molar-refractivity contribution in [2.75, 3.05) is 25.5 Å². The molecule has 0 unspecified atom stereocenters. The molecule has 2 amide bonds. The van der Waals surface area contributed by atoms with Gasteiger partial charge in [-0.3, -0.25) is 4.79 Å². The second-order valence-electron chi connectivity index (χ2n) is 3.60. The van der Waals surface area contributed by atoms with Gasteiger partial charge in [-0.2, -0.15) is 0 Å². The predicted molar refractivity (Wildman–Crippen MR) is 63.4 cm³/mol. The van der Waals surface area contributed by atoms with Crippen molar-refractivity contribution in [1.29, 1.82) is 0 Å². The van der Waals surface area contributed by atoms with Gasteiger partial charge in [-0.05, 0) is 18.2 Å². The number of hydrogen-bond donors (Lipinski definition) is 1. The number of rotatable bonds is 0. The van der Waals surface area contributed by atoms with Crippen LogP contribution in [-0.2, 0) is 4.74 Å². The number of benzene rings is 1. The summed E-state index contributed by atoms with van der Waals surface area (Å²) >= 11 is 5.85. The van der Waals surface area contributed by atoms with Crippen molar-refractivity contribution in [2.45, 2.75) is 0 Å². The molecule has 1 N–H and O–H groups in total. The van der Waals surface area contributed by atoms with Gasteiger partial charge in [0.1, 0.15) is 6.61 Å². The zero-order valence-corrected chi connectivity index (χ0v) is 9.95. The van der Waals surface area contributed by atoms with Crippen molar-refractivity contribution in [3.8, 4) is 0 Å². The minimum atomic E-state index is -0.662. The largest absolute Gasteiger partial charge is 0.447 e. The molecule has 0 spiro atoms. The number of halogens is 1. The van der Waals surface area contributed by atoms with E-state index < -0.39 is 12.0 Å². The molecule has 0 atom stereocenters. The van der Waals surface area contributed by atoms with E-state index in [1.54, 1.807) is 12.1 Å². The highest BCUT2D eigenvalue weighted by molar-refractivity contribution is 6.31. The number of carbonyl (C=O) groups is 2. The van der Waals surface area contributed by atoms with Crippen LogP contribution >= 0.6 is 11.6 Å². The van der Waals surface area contributed by atoms with Crippen LogP contribution in [0.25, 0.3) is 0 Å². The Hall–Kier alpha value is -1.75. The van der Waals surface area contributed by atoms with Crippen molar-refractivity contribution < 1.29 is 14.3 Å². The smallest absolute Gasteiger partial charge is 0.416 e. The fraction of sp³-hybridized carbons (Fsp3) is 0.273. The van der Waals surface area contributed by atoms with Gasteiger partial charge in [-0.1, -0.05) is 11.6 Å². The fourth-order valence-electron chi connectivity index (χ4n) is 1.53. The van der Waals surface area contributed by atoms with Crippen LogP contribution in [0.2, 0.25) is 5.02 Å². The van der Waals surface area contributed by atoms with Gasteiger partial charge in [-0.15, -0.1) is 0 Å². The molecule has 5 nitrogen and oxygen atoms in total. The molecule has 0 saturated heterocycles. The summed E-state index contributed by atoms with van der Waals surface area (Å²) < 4.78 is 4.88. The number of nitrogens with one attached hydrogen (secondary N) is 1. The highest BCUT2D eigenvalue weighted by Crippen LogP contribution is 2.22. The highest BCUT2D eigenvalue weighted by Gasteiger charge is 2.24. The van der Waals surface area contributed by atoms with Gasteiger partial charge in [-0.25, -0.2) is 9.69 Å². The first-order valence-electron chi connectivity index (χ1n) is 5.08. The highest BCUT2D eigenvalue weighted by atomic mass is 35.5. The standard InChI is InChI=1S/C11H11ClN2O3/c1-14-10(15)8-6-7(12)2-3-9(8)13-4-5-17-11(14)16/h2-3,6,13H,4-5H2,1H3. The third-order valence-electron chi connectivity index (χ3n) is 2.43. The van der Waals surface area contributed by atoms with Crippen LogP contribution in [0, 0.1) is 0 Å². The van der Waals surface area contributed by atoms with Crippen LogP contribution in [0.5, 0.6) is 0 Å². The first-order chi connectivity index (χ1) is 8.09. The lowest BCUT2D eigenvalue weighted by Crippen LogP contribution is -2.33. The summed E-state index contributed by atoms with van der Waals surface area (Å²) in [7, 11) is 1.38. The SMILES string of the molecule is CN1C(=O)OCCNc2ccc(Cl)cc2C1=O. The zero-order valence-electron chi connectivity index (χ0n) is 9.20. The molecule has 90 valence electrons. The molecule has 1 heterocycles. The quantitative estimate of drug-likeness (QED) is 0.769. The third kappa shape index (κ3) is 2.34. The molecule has 0 fully saturated rings. The molecule has 2 rings (SSSR count). The van der Waals surface area contributed by atoms with Gasteiger partial charge in [0.15, 0.2) is 0 Å². The van der Waals surface area contributed by atoms with Crippen molar-refractivity contribution in [3.63, 3.8) is 0 Å². The van der Waals surface area contributed by atoms with Crippen LogP contribution in [-0.4, -0.2) is 37.1 Å². The summed E-state index contributed by atoms with van der Waals surface area (Å²) in [5, 5.41) is 3.46. The van der Waals surface area contributed by atoms with E-state index in [1.807, 2.05) is 0 Å². The molecule has 1 aliphatic rings. The normalized spacial score (nSPS) is 16.2. The van der Waals surface area contributed by atoms with E-state index >= 15 is 0 Å². The molecule has 17 heavy (non-hydrogen) atoms. The van der Waals surface area contributed by atoms with Gasteiger partial charge in [0, 0.05) is 24.3 Å². The van der Waals surface area contributed by atoms with Crippen LogP contribution in [0.4, 0.5) is 10.5 Å². The summed E-state index contributed by atoms with van der Waals surface area (Å²) in [6, 6.07) is 4.92. The second-order valence-corrected chi connectivity index (χ2v) is 4.03. The zero-order chi connectivity index (χ0) is 12.4. The minimum absolute atomic E-state index is 0.207. The maximum absolute atomic E-state index is 12.0. The van der Waals surface area contributed by atoms with E-state index in [9.17, 15) is 9.59 Å². The van der Waals surface area contributed by atoms with Crippen molar-refractivity contribution in [1.82, 2.24) is 4.90 Å². The van der Waals surface area contributed by atoms with Crippen molar-refractivity contribution in [3.05, 3.63) is 28.8 Å². The van der Waals surface area contributed by atoms with E-state index in [2.05, 4.69) is 5.32 Å². The Morgan fingerprint density at radius 1 is 1.41 bits per heavy atom. The Morgan fingerprint density at radius 2 is 2.18 bits per heavy atom. The third-order valence-corrected chi connectivity index (χ3v) is 2.67. The number of hydrogen-bond acceptors (Lipinski definition) is 4. The van der Waals surface area contributed by atoms with E-state index in [0.717, 1.165) is 4.90 Å². The Bertz CT molecular complexity index is 476. The molecular formula is C11H11ClN2O3. The molecule has 6 heteroatoms. The Kier molecular flexibility index (Phi) is 3.19. The fourth-order valence-corrected chi connectivity index (χ4v) is 1.70. The molecule has 1 aromatic rings. The average molecular weight is 255 g/mol. The predicted octanol–water partition coefficient (Wildman–Crippen LogP) is 1.97. The van der Waals surface area contributed by atoms with Crippen molar-refractivity contribution >= 4 is 29.3 Å². The van der Waals surface area contributed by atoms with Gasteiger partial charge < -0.3 is 10.1 Å². The van der Waals surface area contributed by atoms with Gasteiger partial charge >= 0.3 is 6.09 Å². The number of ether oxygens (including phenoxy) is 1. The van der Waals surface area contributed by atoms with Crippen LogP contribution in [0.1, 0.15) is 10.4 Å². The van der Waals surface area contributed by atoms with E-state index in [1.165, 1.54) is 13.1 Å². The molecule has 1 aromatic carbocycles. The number of anilines is 1. The van der Waals surface area contributed by atoms with Gasteiger partial charge in [0.25, 0.3) is 5.91 Å². The van der Waals surface area contributed by atoms with E-state index in [-0.39, 0.29) is 6.61 Å². The summed E-state index contributed by atoms with van der Waals surface area (Å²) in [6.07, 6.45) is -0.662. The van der Waals surface area contributed by atoms with Crippen LogP contribution in [0.15, 0.2) is 18.2 Å². The second kappa shape index (κ2) is 4.63. The number of imide groups is 1. The molecular weight excluding hydrogens is 244 g/mol. The number of cyclic esters (lactones) is 1. The lowest BCUT2D eigenvalue weighted by molar-refractivity contribution is 0.0722. The van der Waals surface area contributed by atoms with Crippen LogP contribution in [0.3, 0.4) is 0 Å². The first kappa shape index (κ1) is 11.7. The maximum Gasteiger partial charge on any atom is 0.416 e. The molecule has 0 saturated carbocycles. The molecule has 0 aliphatic carbocycles. The molecule has 0 radical (unpaired) electrons. The van der Waals surface area contributed by atoms with Crippen molar-refractivity contribution in [2.24, 2.45) is 0 Å². The van der Waals surface area contributed by atoms with Crippen LogP contribution < -0.4 is 5.32 Å². The molecule has 0 bridgehead atoms. The summed E-state index contributed by atoms with van der Waals surface area (Å²) in [4.78, 5) is 24.4. The molecule has 0 aromatic heterocycles. The summed E-state index contributed by atoms with van der Waals surface area (Å²) in [6.45, 7) is 0.653. The lowest BCUT2D eigenvalue weighted by Gasteiger charge is -2.14. The van der Waals surface area contributed by atoms with E-state index in [4.69, 9.17) is 16.3 Å². The minimum Gasteiger partial charge on any atom is -0.447 e.